The second kappa shape index (κ2) is 10.3. The minimum absolute atomic E-state index is 0.211. The normalized spacial score (nSPS) is 15.5. The second-order valence-corrected chi connectivity index (χ2v) is 7.73. The number of hydrogen-bond donors (Lipinski definition) is 3. The van der Waals surface area contributed by atoms with Gasteiger partial charge in [0.05, 0.1) is 7.11 Å². The van der Waals surface area contributed by atoms with Gasteiger partial charge in [0, 0.05) is 41.9 Å². The maximum absolute atomic E-state index is 13.1. The minimum atomic E-state index is -1.09. The lowest BCUT2D eigenvalue weighted by Crippen LogP contribution is -2.55. The smallest absolute Gasteiger partial charge is 0.323 e. The average molecular weight is 490 g/mol. The van der Waals surface area contributed by atoms with Crippen LogP contribution in [0.5, 0.6) is 5.75 Å². The van der Waals surface area contributed by atoms with Gasteiger partial charge in [-0.1, -0.05) is 22.0 Å². The molecule has 1 fully saturated rings. The summed E-state index contributed by atoms with van der Waals surface area (Å²) in [5.74, 6) is -0.144. The molecule has 0 spiro atoms. The van der Waals surface area contributed by atoms with E-state index < -0.39 is 18.1 Å². The van der Waals surface area contributed by atoms with Gasteiger partial charge >= 0.3 is 6.03 Å². The van der Waals surface area contributed by atoms with E-state index in [9.17, 15) is 14.4 Å². The predicted molar refractivity (Wildman–Crippen MR) is 120 cm³/mol. The Kier molecular flexibility index (Phi) is 7.48. The number of hydrogen-bond acceptors (Lipinski definition) is 5. The molecule has 4 amide bonds. The van der Waals surface area contributed by atoms with Gasteiger partial charge in [0.15, 0.2) is 6.17 Å². The number of nitrogens with one attached hydrogen (secondary N) is 2. The molecule has 0 bridgehead atoms. The lowest BCUT2D eigenvalue weighted by molar-refractivity contribution is -0.127. The summed E-state index contributed by atoms with van der Waals surface area (Å²) in [4.78, 5) is 41.7. The van der Waals surface area contributed by atoms with E-state index in [1.807, 2.05) is 0 Å². The first-order valence-corrected chi connectivity index (χ1v) is 10.5. The van der Waals surface area contributed by atoms with Crippen LogP contribution in [0.1, 0.15) is 10.4 Å². The molecular formula is C21H24BrN5O4. The van der Waals surface area contributed by atoms with E-state index >= 15 is 0 Å². The molecule has 164 valence electrons. The highest BCUT2D eigenvalue weighted by molar-refractivity contribution is 9.10. The fourth-order valence-corrected chi connectivity index (χ4v) is 3.68. The molecule has 2 aromatic carbocycles. The van der Waals surface area contributed by atoms with Gasteiger partial charge in [-0.2, -0.15) is 0 Å². The summed E-state index contributed by atoms with van der Waals surface area (Å²) in [6.45, 7) is 0.919. The molecule has 1 heterocycles. The van der Waals surface area contributed by atoms with Crippen LogP contribution in [-0.2, 0) is 4.79 Å². The van der Waals surface area contributed by atoms with E-state index in [1.54, 1.807) is 55.6 Å². The number of urea groups is 1. The van der Waals surface area contributed by atoms with Crippen LogP contribution < -0.4 is 21.1 Å². The third-order valence-corrected chi connectivity index (χ3v) is 5.28. The molecule has 1 atom stereocenters. The summed E-state index contributed by atoms with van der Waals surface area (Å²) >= 11 is 3.35. The summed E-state index contributed by atoms with van der Waals surface area (Å²) in [5, 5.41) is 5.45. The molecule has 0 radical (unpaired) electrons. The SMILES string of the molecule is COc1ccc(NC(=O)N2CCN(C(=O)c3cccc(Br)c3)C2C(=O)NCCN)cc1. The third kappa shape index (κ3) is 5.33. The van der Waals surface area contributed by atoms with Crippen LogP contribution in [0.15, 0.2) is 53.0 Å². The number of carbonyl (C=O) groups excluding carboxylic acids is 3. The fraction of sp³-hybridized carbons (Fsp3) is 0.286. The largest absolute Gasteiger partial charge is 0.497 e. The van der Waals surface area contributed by atoms with E-state index in [-0.39, 0.29) is 32.1 Å². The van der Waals surface area contributed by atoms with Crippen molar-refractivity contribution >= 4 is 39.5 Å². The number of ether oxygens (including phenoxy) is 1. The highest BCUT2D eigenvalue weighted by Gasteiger charge is 2.42. The number of carbonyl (C=O) groups is 3. The van der Waals surface area contributed by atoms with Gasteiger partial charge < -0.3 is 26.0 Å². The molecule has 31 heavy (non-hydrogen) atoms. The van der Waals surface area contributed by atoms with Gasteiger partial charge in [-0.3, -0.25) is 14.5 Å². The minimum Gasteiger partial charge on any atom is -0.497 e. The summed E-state index contributed by atoms with van der Waals surface area (Å²) in [6.07, 6.45) is -1.09. The Bertz CT molecular complexity index is 953. The van der Waals surface area contributed by atoms with Crippen LogP contribution in [0.4, 0.5) is 10.5 Å². The molecule has 1 aliphatic heterocycles. The maximum atomic E-state index is 13.1. The van der Waals surface area contributed by atoms with E-state index in [0.717, 1.165) is 4.47 Å². The molecule has 0 saturated carbocycles. The molecule has 10 heteroatoms. The van der Waals surface area contributed by atoms with Crippen LogP contribution in [0.2, 0.25) is 0 Å². The van der Waals surface area contributed by atoms with Crippen molar-refractivity contribution in [3.8, 4) is 5.75 Å². The van der Waals surface area contributed by atoms with E-state index in [4.69, 9.17) is 10.5 Å². The Hall–Kier alpha value is -3.11. The quantitative estimate of drug-likeness (QED) is 0.572. The number of nitrogens with zero attached hydrogens (tertiary/aromatic N) is 2. The Morgan fingerprint density at radius 2 is 1.84 bits per heavy atom. The molecule has 3 rings (SSSR count). The lowest BCUT2D eigenvalue weighted by Gasteiger charge is -2.29. The zero-order valence-corrected chi connectivity index (χ0v) is 18.6. The van der Waals surface area contributed by atoms with Gasteiger partial charge in [0.25, 0.3) is 11.8 Å². The Morgan fingerprint density at radius 1 is 1.13 bits per heavy atom. The number of halogens is 1. The number of amides is 4. The molecular weight excluding hydrogens is 466 g/mol. The van der Waals surface area contributed by atoms with Gasteiger partial charge in [0.1, 0.15) is 5.75 Å². The van der Waals surface area contributed by atoms with Crippen molar-refractivity contribution in [1.29, 1.82) is 0 Å². The molecule has 1 saturated heterocycles. The van der Waals surface area contributed by atoms with Crippen molar-refractivity contribution in [3.63, 3.8) is 0 Å². The summed E-state index contributed by atoms with van der Waals surface area (Å²) in [6, 6.07) is 13.2. The average Bonchev–Trinajstić information content (AvgIpc) is 3.23. The maximum Gasteiger partial charge on any atom is 0.323 e. The van der Waals surface area contributed by atoms with Gasteiger partial charge in [-0.25, -0.2) is 4.79 Å². The fourth-order valence-electron chi connectivity index (χ4n) is 3.28. The molecule has 1 unspecified atom stereocenters. The zero-order chi connectivity index (χ0) is 22.4. The number of anilines is 1. The molecule has 1 aliphatic rings. The summed E-state index contributed by atoms with van der Waals surface area (Å²) in [7, 11) is 1.55. The monoisotopic (exact) mass is 489 g/mol. The first-order valence-electron chi connectivity index (χ1n) is 9.70. The van der Waals surface area contributed by atoms with Crippen molar-refractivity contribution in [3.05, 3.63) is 58.6 Å². The van der Waals surface area contributed by atoms with Gasteiger partial charge in [-0.05, 0) is 42.5 Å². The second-order valence-electron chi connectivity index (χ2n) is 6.81. The standard InChI is InChI=1S/C21H24BrN5O4/c1-31-17-7-5-16(6-8-17)25-21(30)27-12-11-26(19(27)18(28)24-10-9-23)20(29)14-3-2-4-15(22)13-14/h2-8,13,19H,9-12,23H2,1H3,(H,24,28)(H,25,30). The van der Waals surface area contributed by atoms with E-state index in [0.29, 0.717) is 17.0 Å². The Morgan fingerprint density at radius 3 is 2.48 bits per heavy atom. The zero-order valence-electron chi connectivity index (χ0n) is 17.0. The van der Waals surface area contributed by atoms with Crippen molar-refractivity contribution in [2.75, 3.05) is 38.6 Å². The first kappa shape index (κ1) is 22.6. The third-order valence-electron chi connectivity index (χ3n) is 4.78. The molecule has 0 aliphatic carbocycles. The Balaban J connectivity index is 1.81. The highest BCUT2D eigenvalue weighted by atomic mass is 79.9. The Labute approximate surface area is 188 Å². The van der Waals surface area contributed by atoms with E-state index in [2.05, 4.69) is 26.6 Å². The van der Waals surface area contributed by atoms with Crippen LogP contribution >= 0.6 is 15.9 Å². The van der Waals surface area contributed by atoms with Gasteiger partial charge in [0.2, 0.25) is 0 Å². The topological polar surface area (TPSA) is 117 Å². The van der Waals surface area contributed by atoms with Crippen LogP contribution in [0, 0.1) is 0 Å². The first-order chi connectivity index (χ1) is 14.9. The molecule has 9 nitrogen and oxygen atoms in total. The van der Waals surface area contributed by atoms with Crippen molar-refractivity contribution in [1.82, 2.24) is 15.1 Å². The summed E-state index contributed by atoms with van der Waals surface area (Å²) in [5.41, 5.74) is 6.46. The number of benzene rings is 2. The lowest BCUT2D eigenvalue weighted by atomic mass is 10.2. The van der Waals surface area contributed by atoms with Crippen LogP contribution in [-0.4, -0.2) is 67.1 Å². The van der Waals surface area contributed by atoms with Crippen molar-refractivity contribution < 1.29 is 19.1 Å². The number of methoxy groups -OCH3 is 1. The number of rotatable bonds is 6. The van der Waals surface area contributed by atoms with Crippen molar-refractivity contribution in [2.45, 2.75) is 6.17 Å². The van der Waals surface area contributed by atoms with Crippen LogP contribution in [0.25, 0.3) is 0 Å². The van der Waals surface area contributed by atoms with E-state index in [1.165, 1.54) is 9.80 Å². The summed E-state index contributed by atoms with van der Waals surface area (Å²) < 4.78 is 5.86. The van der Waals surface area contributed by atoms with Gasteiger partial charge in [-0.15, -0.1) is 0 Å². The predicted octanol–water partition coefficient (Wildman–Crippen LogP) is 1.85. The number of nitrogens with two attached hydrogens (primary N) is 1. The molecule has 4 N–H and O–H groups in total. The van der Waals surface area contributed by atoms with Crippen LogP contribution in [0.3, 0.4) is 0 Å². The van der Waals surface area contributed by atoms with Crippen molar-refractivity contribution in [2.24, 2.45) is 5.73 Å². The molecule has 0 aromatic heterocycles. The molecule has 2 aromatic rings. The highest BCUT2D eigenvalue weighted by Crippen LogP contribution is 2.22.